The summed E-state index contributed by atoms with van der Waals surface area (Å²) in [6.45, 7) is 4.45. The normalized spacial score (nSPS) is 18.8. The first kappa shape index (κ1) is 19.0. The topological polar surface area (TPSA) is 72.3 Å². The van der Waals surface area contributed by atoms with Gasteiger partial charge in [0.25, 0.3) is 0 Å². The molecule has 0 N–H and O–H groups in total. The summed E-state index contributed by atoms with van der Waals surface area (Å²) >= 11 is 1.38. The maximum atomic E-state index is 12.7. The average Bonchev–Trinajstić information content (AvgIpc) is 3.20. The summed E-state index contributed by atoms with van der Waals surface area (Å²) < 4.78 is 25.4. The van der Waals surface area contributed by atoms with Crippen LogP contribution in [-0.4, -0.2) is 58.6 Å². The first-order chi connectivity index (χ1) is 12.4. The number of para-hydroxylation sites is 1. The van der Waals surface area contributed by atoms with E-state index in [9.17, 15) is 13.2 Å². The fraction of sp³-hybridized carbons (Fsp3) is 0.444. The lowest BCUT2D eigenvalue weighted by Crippen LogP contribution is -2.42. The van der Waals surface area contributed by atoms with Crippen molar-refractivity contribution in [2.24, 2.45) is 0 Å². The molecule has 140 valence electrons. The van der Waals surface area contributed by atoms with Gasteiger partial charge in [-0.1, -0.05) is 30.0 Å². The highest BCUT2D eigenvalue weighted by Crippen LogP contribution is 2.24. The van der Waals surface area contributed by atoms with Gasteiger partial charge in [-0.3, -0.25) is 9.36 Å². The monoisotopic (exact) mass is 393 g/mol. The summed E-state index contributed by atoms with van der Waals surface area (Å²) in [6, 6.07) is 7.82. The molecule has 6 nitrogen and oxygen atoms in total. The largest absolute Gasteiger partial charge is 0.338 e. The number of benzene rings is 1. The van der Waals surface area contributed by atoms with Crippen molar-refractivity contribution in [3.05, 3.63) is 42.2 Å². The molecule has 1 atom stereocenters. The number of hydrogen-bond acceptors (Lipinski definition) is 5. The van der Waals surface area contributed by atoms with Gasteiger partial charge in [-0.2, -0.15) is 0 Å². The molecule has 0 aliphatic carbocycles. The molecule has 0 radical (unpaired) electrons. The van der Waals surface area contributed by atoms with Gasteiger partial charge >= 0.3 is 0 Å². The van der Waals surface area contributed by atoms with Gasteiger partial charge < -0.3 is 4.90 Å². The SMILES string of the molecule is CCN(C(=O)CSc1nccn1-c1ccccc1C)C1CCS(=O)(=O)C1. The van der Waals surface area contributed by atoms with Gasteiger partial charge in [-0.05, 0) is 31.9 Å². The second-order valence-electron chi connectivity index (χ2n) is 6.39. The van der Waals surface area contributed by atoms with Crippen LogP contribution in [0.4, 0.5) is 0 Å². The van der Waals surface area contributed by atoms with Crippen LogP contribution >= 0.6 is 11.8 Å². The molecule has 1 fully saturated rings. The highest BCUT2D eigenvalue weighted by molar-refractivity contribution is 7.99. The van der Waals surface area contributed by atoms with Crippen LogP contribution in [-0.2, 0) is 14.6 Å². The number of sulfone groups is 1. The lowest BCUT2D eigenvalue weighted by molar-refractivity contribution is -0.129. The van der Waals surface area contributed by atoms with Crippen molar-refractivity contribution in [1.29, 1.82) is 0 Å². The van der Waals surface area contributed by atoms with E-state index in [1.807, 2.05) is 48.9 Å². The minimum atomic E-state index is -3.01. The van der Waals surface area contributed by atoms with Gasteiger partial charge in [0.05, 0.1) is 22.9 Å². The summed E-state index contributed by atoms with van der Waals surface area (Å²) in [5.74, 6) is 0.452. The average molecular weight is 394 g/mol. The number of amides is 1. The van der Waals surface area contributed by atoms with Crippen LogP contribution in [0.1, 0.15) is 18.9 Å². The second-order valence-corrected chi connectivity index (χ2v) is 9.56. The molecule has 0 saturated carbocycles. The number of carbonyl (C=O) groups excluding carboxylic acids is 1. The smallest absolute Gasteiger partial charge is 0.233 e. The molecule has 26 heavy (non-hydrogen) atoms. The third-order valence-electron chi connectivity index (χ3n) is 4.62. The van der Waals surface area contributed by atoms with E-state index >= 15 is 0 Å². The summed E-state index contributed by atoms with van der Waals surface area (Å²) in [5.41, 5.74) is 2.17. The van der Waals surface area contributed by atoms with E-state index in [-0.39, 0.29) is 29.2 Å². The predicted octanol–water partition coefficient (Wildman–Crippen LogP) is 2.31. The fourth-order valence-electron chi connectivity index (χ4n) is 3.28. The third-order valence-corrected chi connectivity index (χ3v) is 7.32. The molecule has 1 aromatic carbocycles. The maximum Gasteiger partial charge on any atom is 0.233 e. The van der Waals surface area contributed by atoms with Crippen LogP contribution in [0.15, 0.2) is 41.8 Å². The Morgan fingerprint density at radius 3 is 2.81 bits per heavy atom. The van der Waals surface area contributed by atoms with Crippen molar-refractivity contribution < 1.29 is 13.2 Å². The Hall–Kier alpha value is -1.80. The molecule has 8 heteroatoms. The summed E-state index contributed by atoms with van der Waals surface area (Å²) in [6.07, 6.45) is 4.14. The first-order valence-corrected chi connectivity index (χ1v) is 11.4. The van der Waals surface area contributed by atoms with Crippen LogP contribution in [0, 0.1) is 6.92 Å². The molecular weight excluding hydrogens is 370 g/mol. The molecule has 1 aromatic heterocycles. The highest BCUT2D eigenvalue weighted by Gasteiger charge is 2.33. The van der Waals surface area contributed by atoms with Gasteiger partial charge in [-0.25, -0.2) is 13.4 Å². The first-order valence-electron chi connectivity index (χ1n) is 8.63. The minimum absolute atomic E-state index is 0.0427. The molecule has 1 aliphatic heterocycles. The van der Waals surface area contributed by atoms with E-state index in [0.717, 1.165) is 16.4 Å². The molecule has 1 aliphatic rings. The van der Waals surface area contributed by atoms with Crippen molar-refractivity contribution in [2.45, 2.75) is 31.5 Å². The van der Waals surface area contributed by atoms with Gasteiger partial charge in [0.1, 0.15) is 0 Å². The molecule has 1 saturated heterocycles. The van der Waals surface area contributed by atoms with Crippen molar-refractivity contribution in [3.8, 4) is 5.69 Å². The van der Waals surface area contributed by atoms with E-state index in [1.165, 1.54) is 11.8 Å². The van der Waals surface area contributed by atoms with Gasteiger partial charge in [0.2, 0.25) is 5.91 Å². The molecule has 1 unspecified atom stereocenters. The van der Waals surface area contributed by atoms with Crippen LogP contribution in [0.2, 0.25) is 0 Å². The van der Waals surface area contributed by atoms with E-state index in [2.05, 4.69) is 4.98 Å². The molecule has 1 amide bonds. The molecule has 0 bridgehead atoms. The standard InChI is InChI=1S/C18H23N3O3S2/c1-3-20(15-8-11-26(23,24)13-15)17(22)12-25-18-19-9-10-21(18)16-7-5-4-6-14(16)2/h4-7,9-10,15H,3,8,11-13H2,1-2H3. The van der Waals surface area contributed by atoms with Gasteiger partial charge in [-0.15, -0.1) is 0 Å². The highest BCUT2D eigenvalue weighted by atomic mass is 32.2. The van der Waals surface area contributed by atoms with E-state index in [0.29, 0.717) is 13.0 Å². The number of nitrogens with zero attached hydrogens (tertiary/aromatic N) is 3. The summed E-state index contributed by atoms with van der Waals surface area (Å²) in [5, 5.41) is 0.753. The Kier molecular flexibility index (Phi) is 5.72. The number of aryl methyl sites for hydroxylation is 1. The molecule has 2 aromatic rings. The van der Waals surface area contributed by atoms with Crippen molar-refractivity contribution in [1.82, 2.24) is 14.5 Å². The molecular formula is C18H23N3O3S2. The Bertz CT molecular complexity index is 893. The number of carbonyl (C=O) groups is 1. The molecule has 3 rings (SSSR count). The lowest BCUT2D eigenvalue weighted by Gasteiger charge is -2.26. The van der Waals surface area contributed by atoms with Crippen LogP contribution in [0.25, 0.3) is 5.69 Å². The van der Waals surface area contributed by atoms with Crippen LogP contribution < -0.4 is 0 Å². The van der Waals surface area contributed by atoms with Crippen molar-refractivity contribution in [2.75, 3.05) is 23.8 Å². The second kappa shape index (κ2) is 7.84. The van der Waals surface area contributed by atoms with E-state index in [1.54, 1.807) is 11.1 Å². The zero-order valence-corrected chi connectivity index (χ0v) is 16.6. The predicted molar refractivity (Wildman–Crippen MR) is 103 cm³/mol. The Morgan fingerprint density at radius 1 is 1.38 bits per heavy atom. The Morgan fingerprint density at radius 2 is 2.15 bits per heavy atom. The van der Waals surface area contributed by atoms with Crippen LogP contribution in [0.3, 0.4) is 0 Å². The number of hydrogen-bond donors (Lipinski definition) is 0. The number of rotatable bonds is 6. The summed E-state index contributed by atoms with van der Waals surface area (Å²) in [7, 11) is -3.01. The maximum absolute atomic E-state index is 12.7. The Balaban J connectivity index is 1.69. The Labute approximate surface area is 158 Å². The number of aromatic nitrogens is 2. The summed E-state index contributed by atoms with van der Waals surface area (Å²) in [4.78, 5) is 18.7. The molecule has 0 spiro atoms. The number of thioether (sulfide) groups is 1. The van der Waals surface area contributed by atoms with Gasteiger partial charge in [0.15, 0.2) is 15.0 Å². The molecule has 2 heterocycles. The number of imidazole rings is 1. The zero-order valence-electron chi connectivity index (χ0n) is 15.0. The third kappa shape index (κ3) is 4.12. The lowest BCUT2D eigenvalue weighted by atomic mass is 10.2. The van der Waals surface area contributed by atoms with Crippen LogP contribution in [0.5, 0.6) is 0 Å². The van der Waals surface area contributed by atoms with Gasteiger partial charge in [0, 0.05) is 25.0 Å². The van der Waals surface area contributed by atoms with E-state index in [4.69, 9.17) is 0 Å². The minimum Gasteiger partial charge on any atom is -0.338 e. The van der Waals surface area contributed by atoms with Crippen molar-refractivity contribution in [3.63, 3.8) is 0 Å². The van der Waals surface area contributed by atoms with Crippen molar-refractivity contribution >= 4 is 27.5 Å². The fourth-order valence-corrected chi connectivity index (χ4v) is 5.86. The van der Waals surface area contributed by atoms with E-state index < -0.39 is 9.84 Å². The quantitative estimate of drug-likeness (QED) is 0.704. The zero-order chi connectivity index (χ0) is 18.7.